The van der Waals surface area contributed by atoms with Crippen molar-refractivity contribution in [2.24, 2.45) is 4.99 Å². The zero-order chi connectivity index (χ0) is 18.2. The van der Waals surface area contributed by atoms with E-state index in [-0.39, 0.29) is 36.3 Å². The summed E-state index contributed by atoms with van der Waals surface area (Å²) in [7, 11) is 0. The molecule has 0 aliphatic carbocycles. The first kappa shape index (κ1) is 22.6. The molecule has 144 valence electrons. The Kier molecular flexibility index (Phi) is 9.78. The minimum atomic E-state index is -2.86. The lowest BCUT2D eigenvalue weighted by Crippen LogP contribution is -2.36. The summed E-state index contributed by atoms with van der Waals surface area (Å²) >= 11 is 1.58. The van der Waals surface area contributed by atoms with Crippen molar-refractivity contribution in [2.75, 3.05) is 6.54 Å². The summed E-state index contributed by atoms with van der Waals surface area (Å²) in [6.45, 7) is 4.51. The number of thiazole rings is 1. The van der Waals surface area contributed by atoms with E-state index < -0.39 is 6.61 Å². The Balaban J connectivity index is 0.00000338. The number of aromatic nitrogens is 1. The molecule has 0 unspecified atom stereocenters. The van der Waals surface area contributed by atoms with Crippen molar-refractivity contribution in [3.8, 4) is 5.75 Å². The van der Waals surface area contributed by atoms with Crippen LogP contribution < -0.4 is 15.4 Å². The first-order chi connectivity index (χ1) is 12.0. The second-order valence-electron chi connectivity index (χ2n) is 5.40. The fourth-order valence-corrected chi connectivity index (χ4v) is 2.93. The van der Waals surface area contributed by atoms with Gasteiger partial charge < -0.3 is 15.4 Å². The van der Waals surface area contributed by atoms with E-state index in [4.69, 9.17) is 0 Å². The molecular formula is C17H23F2IN4OS. The molecule has 2 aromatic rings. The molecule has 0 radical (unpaired) electrons. The average molecular weight is 496 g/mol. The SMILES string of the molecule is CCNC(=NCc1cc(C)ccc1OC(F)F)NCc1scnc1C.I. The number of aliphatic imine (C=N–C) groups is 1. The molecule has 2 N–H and O–H groups in total. The Morgan fingerprint density at radius 2 is 2.08 bits per heavy atom. The molecule has 1 heterocycles. The Labute approximate surface area is 173 Å². The van der Waals surface area contributed by atoms with E-state index in [0.717, 1.165) is 16.1 Å². The molecule has 0 aliphatic heterocycles. The van der Waals surface area contributed by atoms with Crippen molar-refractivity contribution < 1.29 is 13.5 Å². The van der Waals surface area contributed by atoms with Gasteiger partial charge in [0.25, 0.3) is 0 Å². The van der Waals surface area contributed by atoms with Crippen LogP contribution in [0.4, 0.5) is 8.78 Å². The number of ether oxygens (including phenoxy) is 1. The van der Waals surface area contributed by atoms with Gasteiger partial charge in [0.2, 0.25) is 0 Å². The van der Waals surface area contributed by atoms with Crippen LogP contribution in [-0.2, 0) is 13.1 Å². The second kappa shape index (κ2) is 11.3. The minimum absolute atomic E-state index is 0. The van der Waals surface area contributed by atoms with Gasteiger partial charge in [-0.1, -0.05) is 17.7 Å². The maximum Gasteiger partial charge on any atom is 0.387 e. The summed E-state index contributed by atoms with van der Waals surface area (Å²) in [5.74, 6) is 0.762. The standard InChI is InChI=1S/C17H22F2N4OS.HI/c1-4-20-17(22-9-15-12(3)23-10-25-15)21-8-13-7-11(2)5-6-14(13)24-16(18)19;/h5-7,10,16H,4,8-9H2,1-3H3,(H2,20,21,22);1H. The fourth-order valence-electron chi connectivity index (χ4n) is 2.21. The van der Waals surface area contributed by atoms with Gasteiger partial charge in [0.1, 0.15) is 5.75 Å². The first-order valence-corrected chi connectivity index (χ1v) is 8.83. The highest BCUT2D eigenvalue weighted by molar-refractivity contribution is 14.0. The maximum absolute atomic E-state index is 12.5. The number of hydrogen-bond acceptors (Lipinski definition) is 4. The monoisotopic (exact) mass is 496 g/mol. The van der Waals surface area contributed by atoms with E-state index in [1.165, 1.54) is 0 Å². The van der Waals surface area contributed by atoms with Crippen molar-refractivity contribution in [2.45, 2.75) is 40.5 Å². The van der Waals surface area contributed by atoms with Crippen LogP contribution in [0.2, 0.25) is 0 Å². The van der Waals surface area contributed by atoms with E-state index >= 15 is 0 Å². The highest BCUT2D eigenvalue weighted by Crippen LogP contribution is 2.23. The number of alkyl halides is 2. The molecule has 0 bridgehead atoms. The molecule has 5 nitrogen and oxygen atoms in total. The van der Waals surface area contributed by atoms with Crippen LogP contribution in [0.15, 0.2) is 28.7 Å². The van der Waals surface area contributed by atoms with Crippen LogP contribution >= 0.6 is 35.3 Å². The molecule has 0 saturated heterocycles. The fraction of sp³-hybridized carbons (Fsp3) is 0.412. The average Bonchev–Trinajstić information content (AvgIpc) is 2.97. The molecule has 0 amide bonds. The zero-order valence-corrected chi connectivity index (χ0v) is 18.0. The smallest absolute Gasteiger partial charge is 0.387 e. The van der Waals surface area contributed by atoms with Gasteiger partial charge in [0.05, 0.1) is 24.3 Å². The number of benzene rings is 1. The molecule has 26 heavy (non-hydrogen) atoms. The highest BCUT2D eigenvalue weighted by atomic mass is 127. The number of rotatable bonds is 7. The van der Waals surface area contributed by atoms with Crippen molar-refractivity contribution in [3.63, 3.8) is 0 Å². The third-order valence-corrected chi connectivity index (χ3v) is 4.38. The quantitative estimate of drug-likeness (QED) is 0.342. The first-order valence-electron chi connectivity index (χ1n) is 7.95. The van der Waals surface area contributed by atoms with E-state index in [2.05, 4.69) is 25.3 Å². The Morgan fingerprint density at radius 1 is 1.31 bits per heavy atom. The van der Waals surface area contributed by atoms with Gasteiger partial charge in [0, 0.05) is 17.0 Å². The molecule has 1 aromatic heterocycles. The van der Waals surface area contributed by atoms with Crippen molar-refractivity contribution >= 4 is 41.3 Å². The second-order valence-corrected chi connectivity index (χ2v) is 6.34. The minimum Gasteiger partial charge on any atom is -0.434 e. The normalized spacial score (nSPS) is 11.2. The maximum atomic E-state index is 12.5. The van der Waals surface area contributed by atoms with Gasteiger partial charge in [0.15, 0.2) is 5.96 Å². The lowest BCUT2D eigenvalue weighted by Gasteiger charge is -2.13. The van der Waals surface area contributed by atoms with Gasteiger partial charge in [-0.05, 0) is 26.8 Å². The lowest BCUT2D eigenvalue weighted by atomic mass is 10.1. The van der Waals surface area contributed by atoms with Gasteiger partial charge in [-0.25, -0.2) is 9.98 Å². The number of guanidine groups is 1. The summed E-state index contributed by atoms with van der Waals surface area (Å²) < 4.78 is 29.7. The Bertz CT molecular complexity index is 725. The summed E-state index contributed by atoms with van der Waals surface area (Å²) in [5, 5.41) is 6.37. The number of nitrogens with zero attached hydrogens (tertiary/aromatic N) is 2. The summed E-state index contributed by atoms with van der Waals surface area (Å²) in [5.41, 5.74) is 4.37. The summed E-state index contributed by atoms with van der Waals surface area (Å²) in [4.78, 5) is 9.82. The van der Waals surface area contributed by atoms with Gasteiger partial charge in [-0.3, -0.25) is 0 Å². The number of hydrogen-bond donors (Lipinski definition) is 2. The molecule has 0 saturated carbocycles. The van der Waals surface area contributed by atoms with Crippen LogP contribution in [-0.4, -0.2) is 24.1 Å². The van der Waals surface area contributed by atoms with E-state index in [1.807, 2.05) is 20.8 Å². The molecule has 9 heteroatoms. The topological polar surface area (TPSA) is 58.5 Å². The van der Waals surface area contributed by atoms with Crippen LogP contribution in [0.25, 0.3) is 0 Å². The van der Waals surface area contributed by atoms with Crippen molar-refractivity contribution in [1.82, 2.24) is 15.6 Å². The van der Waals surface area contributed by atoms with E-state index in [1.54, 1.807) is 35.0 Å². The molecule has 0 fully saturated rings. The van der Waals surface area contributed by atoms with Crippen molar-refractivity contribution in [3.05, 3.63) is 45.4 Å². The Morgan fingerprint density at radius 3 is 2.69 bits per heavy atom. The molecule has 0 spiro atoms. The van der Waals surface area contributed by atoms with Gasteiger partial charge in [-0.2, -0.15) is 8.78 Å². The number of halogens is 3. The zero-order valence-electron chi connectivity index (χ0n) is 14.9. The highest BCUT2D eigenvalue weighted by Gasteiger charge is 2.10. The predicted octanol–water partition coefficient (Wildman–Crippen LogP) is 4.23. The van der Waals surface area contributed by atoms with E-state index in [9.17, 15) is 8.78 Å². The third kappa shape index (κ3) is 7.02. The van der Waals surface area contributed by atoms with Gasteiger partial charge in [-0.15, -0.1) is 35.3 Å². The third-order valence-electron chi connectivity index (χ3n) is 3.45. The largest absolute Gasteiger partial charge is 0.434 e. The molecule has 2 rings (SSSR count). The summed E-state index contributed by atoms with van der Waals surface area (Å²) in [6.07, 6.45) is 0. The number of aryl methyl sites for hydroxylation is 2. The van der Waals surface area contributed by atoms with Crippen LogP contribution in [0.5, 0.6) is 5.75 Å². The number of nitrogens with one attached hydrogen (secondary N) is 2. The lowest BCUT2D eigenvalue weighted by molar-refractivity contribution is -0.0504. The van der Waals surface area contributed by atoms with Crippen LogP contribution in [0.3, 0.4) is 0 Å². The molecule has 1 aromatic carbocycles. The molecule has 0 atom stereocenters. The van der Waals surface area contributed by atoms with Crippen LogP contribution in [0, 0.1) is 13.8 Å². The van der Waals surface area contributed by atoms with E-state index in [0.29, 0.717) is 24.6 Å². The predicted molar refractivity (Wildman–Crippen MR) is 112 cm³/mol. The van der Waals surface area contributed by atoms with Crippen LogP contribution in [0.1, 0.15) is 28.6 Å². The molecular weight excluding hydrogens is 473 g/mol. The van der Waals surface area contributed by atoms with Crippen molar-refractivity contribution in [1.29, 1.82) is 0 Å². The Hall–Kier alpha value is -1.49. The molecule has 0 aliphatic rings. The summed E-state index contributed by atoms with van der Waals surface area (Å²) in [6, 6.07) is 5.09. The van der Waals surface area contributed by atoms with Gasteiger partial charge >= 0.3 is 6.61 Å².